The number of benzene rings is 1. The molecular formula is C30H42O2. The molecule has 0 aliphatic heterocycles. The van der Waals surface area contributed by atoms with Gasteiger partial charge in [-0.2, -0.15) is 0 Å². The van der Waals surface area contributed by atoms with Crippen LogP contribution in [0, 0.1) is 41.9 Å². The predicted octanol–water partition coefficient (Wildman–Crippen LogP) is 7.91. The first kappa shape index (κ1) is 23.4. The maximum Gasteiger partial charge on any atom is 0.314 e. The molecule has 0 bridgehead atoms. The van der Waals surface area contributed by atoms with E-state index in [1.54, 1.807) is 0 Å². The molecule has 0 N–H and O–H groups in total. The SMILES string of the molecule is C#CC1CCC(c2ccc(OC(=O)C3CCC(C4CCC(CCC)CC4)CC3)cc2)CC1. The number of esters is 1. The van der Waals surface area contributed by atoms with E-state index in [0.717, 1.165) is 56.3 Å². The Bertz CT molecular complexity index is 749. The Labute approximate surface area is 195 Å². The highest BCUT2D eigenvalue weighted by Crippen LogP contribution is 2.42. The second-order valence-electron chi connectivity index (χ2n) is 10.9. The van der Waals surface area contributed by atoms with Crippen molar-refractivity contribution in [3.8, 4) is 18.1 Å². The third-order valence-electron chi connectivity index (χ3n) is 8.89. The lowest BCUT2D eigenvalue weighted by Gasteiger charge is -2.37. The molecule has 3 aliphatic carbocycles. The molecule has 2 heteroatoms. The van der Waals surface area contributed by atoms with Crippen molar-refractivity contribution in [3.63, 3.8) is 0 Å². The first-order valence-corrected chi connectivity index (χ1v) is 13.4. The molecule has 174 valence electrons. The largest absolute Gasteiger partial charge is 0.426 e. The lowest BCUT2D eigenvalue weighted by atomic mass is 9.69. The molecule has 0 spiro atoms. The van der Waals surface area contributed by atoms with Crippen molar-refractivity contribution in [2.24, 2.45) is 29.6 Å². The van der Waals surface area contributed by atoms with Crippen molar-refractivity contribution in [1.29, 1.82) is 0 Å². The number of carbonyl (C=O) groups is 1. The molecule has 4 rings (SSSR count). The number of hydrogen-bond donors (Lipinski definition) is 0. The third-order valence-corrected chi connectivity index (χ3v) is 8.89. The van der Waals surface area contributed by atoms with Crippen LogP contribution in [-0.2, 0) is 4.79 Å². The van der Waals surface area contributed by atoms with Crippen molar-refractivity contribution in [2.45, 2.75) is 103 Å². The fourth-order valence-electron chi connectivity index (χ4n) is 6.78. The summed E-state index contributed by atoms with van der Waals surface area (Å²) >= 11 is 0. The lowest BCUT2D eigenvalue weighted by molar-refractivity contribution is -0.140. The quantitative estimate of drug-likeness (QED) is 0.258. The zero-order valence-electron chi connectivity index (χ0n) is 20.1. The first-order chi connectivity index (χ1) is 15.7. The molecular weight excluding hydrogens is 392 g/mol. The van der Waals surface area contributed by atoms with Crippen LogP contribution < -0.4 is 4.74 Å². The maximum absolute atomic E-state index is 12.8. The minimum atomic E-state index is -0.0163. The van der Waals surface area contributed by atoms with Crippen molar-refractivity contribution in [2.75, 3.05) is 0 Å². The molecule has 0 heterocycles. The second-order valence-corrected chi connectivity index (χ2v) is 10.9. The molecule has 1 aromatic carbocycles. The Balaban J connectivity index is 1.20. The minimum absolute atomic E-state index is 0.0163. The van der Waals surface area contributed by atoms with E-state index < -0.39 is 0 Å². The molecule has 0 radical (unpaired) electrons. The van der Waals surface area contributed by atoms with Gasteiger partial charge >= 0.3 is 5.97 Å². The van der Waals surface area contributed by atoms with E-state index in [0.29, 0.717) is 17.6 Å². The monoisotopic (exact) mass is 434 g/mol. The topological polar surface area (TPSA) is 26.3 Å². The van der Waals surface area contributed by atoms with Crippen LogP contribution in [0.2, 0.25) is 0 Å². The summed E-state index contributed by atoms with van der Waals surface area (Å²) in [6.07, 6.45) is 23.0. The van der Waals surface area contributed by atoms with Crippen LogP contribution in [0.3, 0.4) is 0 Å². The number of carbonyl (C=O) groups excluding carboxylic acids is 1. The zero-order valence-corrected chi connectivity index (χ0v) is 20.1. The van der Waals surface area contributed by atoms with Crippen LogP contribution in [0.5, 0.6) is 5.75 Å². The Morgan fingerprint density at radius 3 is 2.03 bits per heavy atom. The molecule has 32 heavy (non-hydrogen) atoms. The van der Waals surface area contributed by atoms with E-state index in [1.807, 2.05) is 12.1 Å². The van der Waals surface area contributed by atoms with Gasteiger partial charge in [0, 0.05) is 5.92 Å². The van der Waals surface area contributed by atoms with Gasteiger partial charge in [-0.05, 0) is 106 Å². The average Bonchev–Trinajstić information content (AvgIpc) is 2.85. The number of hydrogen-bond acceptors (Lipinski definition) is 2. The smallest absolute Gasteiger partial charge is 0.314 e. The van der Waals surface area contributed by atoms with Crippen molar-refractivity contribution >= 4 is 5.97 Å². The van der Waals surface area contributed by atoms with E-state index >= 15 is 0 Å². The molecule has 0 atom stereocenters. The van der Waals surface area contributed by atoms with Crippen LogP contribution in [0.4, 0.5) is 0 Å². The lowest BCUT2D eigenvalue weighted by Crippen LogP contribution is -2.30. The van der Waals surface area contributed by atoms with Gasteiger partial charge in [-0.15, -0.1) is 12.3 Å². The summed E-state index contributed by atoms with van der Waals surface area (Å²) in [7, 11) is 0. The van der Waals surface area contributed by atoms with Crippen LogP contribution in [0.25, 0.3) is 0 Å². The fraction of sp³-hybridized carbons (Fsp3) is 0.700. The maximum atomic E-state index is 12.8. The predicted molar refractivity (Wildman–Crippen MR) is 131 cm³/mol. The van der Waals surface area contributed by atoms with Gasteiger partial charge in [0.25, 0.3) is 0 Å². The Morgan fingerprint density at radius 1 is 0.875 bits per heavy atom. The highest BCUT2D eigenvalue weighted by molar-refractivity contribution is 5.75. The normalized spacial score (nSPS) is 33.2. The molecule has 3 aliphatic rings. The Kier molecular flexibility index (Phi) is 8.34. The zero-order chi connectivity index (χ0) is 22.3. The Hall–Kier alpha value is -1.75. The highest BCUT2D eigenvalue weighted by atomic mass is 16.5. The van der Waals surface area contributed by atoms with E-state index in [4.69, 9.17) is 11.2 Å². The summed E-state index contributed by atoms with van der Waals surface area (Å²) in [5, 5.41) is 0. The number of rotatable bonds is 6. The van der Waals surface area contributed by atoms with Gasteiger partial charge in [0.1, 0.15) is 5.75 Å². The van der Waals surface area contributed by atoms with E-state index in [-0.39, 0.29) is 11.9 Å². The van der Waals surface area contributed by atoms with Gasteiger partial charge in [0.2, 0.25) is 0 Å². The third kappa shape index (κ3) is 5.98. The van der Waals surface area contributed by atoms with E-state index in [9.17, 15) is 4.79 Å². The Morgan fingerprint density at radius 2 is 1.47 bits per heavy atom. The number of ether oxygens (including phenoxy) is 1. The summed E-state index contributed by atoms with van der Waals surface area (Å²) in [6, 6.07) is 8.27. The second kappa shape index (κ2) is 11.4. The molecule has 0 aromatic heterocycles. The first-order valence-electron chi connectivity index (χ1n) is 13.4. The van der Waals surface area contributed by atoms with Gasteiger partial charge in [-0.3, -0.25) is 4.79 Å². The minimum Gasteiger partial charge on any atom is -0.426 e. The standard InChI is InChI=1S/C30H42O2/c1-3-5-23-8-12-25(13-9-23)26-14-16-28(17-15-26)30(31)32-29-20-18-27(19-21-29)24-10-6-22(4-2)7-11-24/h2,18-26,28H,3,5-17H2,1H3. The molecule has 0 amide bonds. The van der Waals surface area contributed by atoms with Crippen molar-refractivity contribution < 1.29 is 9.53 Å². The summed E-state index contributed by atoms with van der Waals surface area (Å²) < 4.78 is 5.79. The molecule has 0 unspecified atom stereocenters. The van der Waals surface area contributed by atoms with Gasteiger partial charge in [-0.1, -0.05) is 44.7 Å². The van der Waals surface area contributed by atoms with E-state index in [1.165, 1.54) is 56.9 Å². The average molecular weight is 435 g/mol. The van der Waals surface area contributed by atoms with Gasteiger partial charge in [0.15, 0.2) is 0 Å². The van der Waals surface area contributed by atoms with Crippen LogP contribution in [0.15, 0.2) is 24.3 Å². The summed E-state index contributed by atoms with van der Waals surface area (Å²) in [5.41, 5.74) is 1.36. The van der Waals surface area contributed by atoms with Crippen molar-refractivity contribution in [3.05, 3.63) is 29.8 Å². The van der Waals surface area contributed by atoms with Gasteiger partial charge in [0.05, 0.1) is 5.92 Å². The summed E-state index contributed by atoms with van der Waals surface area (Å²) in [4.78, 5) is 12.8. The fourth-order valence-corrected chi connectivity index (χ4v) is 6.78. The van der Waals surface area contributed by atoms with Crippen molar-refractivity contribution in [1.82, 2.24) is 0 Å². The highest BCUT2D eigenvalue weighted by Gasteiger charge is 2.33. The number of terminal acetylenes is 1. The molecule has 0 saturated heterocycles. The van der Waals surface area contributed by atoms with E-state index in [2.05, 4.69) is 25.0 Å². The van der Waals surface area contributed by atoms with Gasteiger partial charge in [-0.25, -0.2) is 0 Å². The van der Waals surface area contributed by atoms with Crippen LogP contribution >= 0.6 is 0 Å². The molecule has 3 saturated carbocycles. The molecule has 1 aromatic rings. The molecule has 3 fully saturated rings. The summed E-state index contributed by atoms with van der Waals surface area (Å²) in [6.45, 7) is 2.31. The van der Waals surface area contributed by atoms with Crippen LogP contribution in [0.1, 0.15) is 108 Å². The van der Waals surface area contributed by atoms with Gasteiger partial charge < -0.3 is 4.74 Å². The molecule has 2 nitrogen and oxygen atoms in total. The summed E-state index contributed by atoms with van der Waals surface area (Å²) in [5.74, 6) is 7.45. The van der Waals surface area contributed by atoms with Crippen LogP contribution in [-0.4, -0.2) is 5.97 Å².